The summed E-state index contributed by atoms with van der Waals surface area (Å²) >= 11 is 1.61. The molecule has 33 heavy (non-hydrogen) atoms. The highest BCUT2D eigenvalue weighted by Gasteiger charge is 2.17. The fourth-order valence-corrected chi connectivity index (χ4v) is 4.21. The van der Waals surface area contributed by atoms with E-state index in [1.807, 2.05) is 42.5 Å². The third kappa shape index (κ3) is 5.73. The summed E-state index contributed by atoms with van der Waals surface area (Å²) < 4.78 is 13.5. The lowest BCUT2D eigenvalue weighted by Crippen LogP contribution is -2.07. The Labute approximate surface area is 197 Å². The first-order valence-corrected chi connectivity index (χ1v) is 11.6. The number of nitrogens with zero attached hydrogens (tertiary/aromatic N) is 4. The predicted molar refractivity (Wildman–Crippen MR) is 130 cm³/mol. The van der Waals surface area contributed by atoms with E-state index in [1.54, 1.807) is 31.0 Å². The van der Waals surface area contributed by atoms with Crippen molar-refractivity contribution in [2.45, 2.75) is 18.1 Å². The fourth-order valence-electron chi connectivity index (χ4n) is 3.43. The van der Waals surface area contributed by atoms with Crippen molar-refractivity contribution in [2.75, 3.05) is 19.5 Å². The molecule has 4 rings (SSSR count). The molecule has 0 unspecified atom stereocenters. The highest BCUT2D eigenvalue weighted by Crippen LogP contribution is 2.31. The summed E-state index contributed by atoms with van der Waals surface area (Å²) in [5.41, 5.74) is 2.80. The molecule has 0 spiro atoms. The van der Waals surface area contributed by atoms with Crippen molar-refractivity contribution in [3.63, 3.8) is 0 Å². The smallest absolute Gasteiger partial charge is 0.191 e. The van der Waals surface area contributed by atoms with Crippen LogP contribution in [0.3, 0.4) is 0 Å². The quantitative estimate of drug-likeness (QED) is 0.240. The monoisotopic (exact) mass is 456 g/mol. The van der Waals surface area contributed by atoms with Crippen molar-refractivity contribution in [3.05, 3.63) is 90.0 Å². The molecule has 0 aliphatic heterocycles. The van der Waals surface area contributed by atoms with Crippen molar-refractivity contribution in [2.24, 2.45) is 0 Å². The van der Waals surface area contributed by atoms with Crippen LogP contribution in [0.15, 0.2) is 84.0 Å². The van der Waals surface area contributed by atoms with Crippen LogP contribution in [0.25, 0.3) is 11.4 Å². The van der Waals surface area contributed by atoms with Gasteiger partial charge in [0.25, 0.3) is 0 Å². The Hall–Kier alpha value is -3.76. The highest BCUT2D eigenvalue weighted by molar-refractivity contribution is 7.99. The van der Waals surface area contributed by atoms with Gasteiger partial charge < -0.3 is 14.0 Å². The van der Waals surface area contributed by atoms with E-state index < -0.39 is 0 Å². The predicted octanol–water partition coefficient (Wildman–Crippen LogP) is 5.24. The minimum atomic E-state index is 0.520. The molecule has 0 aliphatic rings. The van der Waals surface area contributed by atoms with Crippen molar-refractivity contribution in [1.82, 2.24) is 14.8 Å². The topological polar surface area (TPSA) is 73.0 Å². The van der Waals surface area contributed by atoms with Crippen LogP contribution in [-0.2, 0) is 13.0 Å². The van der Waals surface area contributed by atoms with Gasteiger partial charge in [-0.2, -0.15) is 5.26 Å². The normalized spacial score (nSPS) is 10.5. The summed E-state index contributed by atoms with van der Waals surface area (Å²) in [6.07, 6.45) is 0.871. The van der Waals surface area contributed by atoms with Crippen LogP contribution in [0.4, 0.5) is 0 Å². The first-order valence-electron chi connectivity index (χ1n) is 10.6. The van der Waals surface area contributed by atoms with Crippen molar-refractivity contribution < 1.29 is 9.47 Å². The van der Waals surface area contributed by atoms with Gasteiger partial charge in [-0.1, -0.05) is 54.2 Å². The number of benzene rings is 3. The molecule has 0 aliphatic carbocycles. The van der Waals surface area contributed by atoms with Gasteiger partial charge in [0.15, 0.2) is 11.0 Å². The SMILES string of the molecule is COc1ccccc1-c1nnc(SCCOc2ccc(C#N)cc2)n1CCc1ccccc1. The molecule has 0 fully saturated rings. The van der Waals surface area contributed by atoms with Crippen LogP contribution in [-0.4, -0.2) is 34.2 Å². The lowest BCUT2D eigenvalue weighted by molar-refractivity contribution is 0.344. The van der Waals surface area contributed by atoms with Crippen LogP contribution in [0.1, 0.15) is 11.1 Å². The van der Waals surface area contributed by atoms with Crippen LogP contribution in [0.2, 0.25) is 0 Å². The van der Waals surface area contributed by atoms with Gasteiger partial charge in [-0.15, -0.1) is 10.2 Å². The highest BCUT2D eigenvalue weighted by atomic mass is 32.2. The van der Waals surface area contributed by atoms with E-state index in [2.05, 4.69) is 45.1 Å². The van der Waals surface area contributed by atoms with Gasteiger partial charge in [-0.3, -0.25) is 0 Å². The third-order valence-corrected chi connectivity index (χ3v) is 6.03. The second-order valence-corrected chi connectivity index (χ2v) is 8.29. The van der Waals surface area contributed by atoms with E-state index in [4.69, 9.17) is 14.7 Å². The van der Waals surface area contributed by atoms with Crippen LogP contribution in [0.5, 0.6) is 11.5 Å². The van der Waals surface area contributed by atoms with E-state index >= 15 is 0 Å². The molecule has 1 heterocycles. The molecule has 0 saturated heterocycles. The van der Waals surface area contributed by atoms with E-state index in [1.165, 1.54) is 5.56 Å². The van der Waals surface area contributed by atoms with Gasteiger partial charge in [0.05, 0.1) is 30.9 Å². The number of hydrogen-bond donors (Lipinski definition) is 0. The number of methoxy groups -OCH3 is 1. The first-order chi connectivity index (χ1) is 16.3. The molecule has 6 nitrogen and oxygen atoms in total. The van der Waals surface area contributed by atoms with Crippen LogP contribution >= 0.6 is 11.8 Å². The lowest BCUT2D eigenvalue weighted by Gasteiger charge is -2.12. The summed E-state index contributed by atoms with van der Waals surface area (Å²) in [5.74, 6) is 3.02. The van der Waals surface area contributed by atoms with Gasteiger partial charge in [0.1, 0.15) is 11.5 Å². The number of rotatable bonds is 10. The number of hydrogen-bond acceptors (Lipinski definition) is 6. The average molecular weight is 457 g/mol. The summed E-state index contributed by atoms with van der Waals surface area (Å²) in [4.78, 5) is 0. The van der Waals surface area contributed by atoms with Gasteiger partial charge in [-0.05, 0) is 48.4 Å². The molecule has 7 heteroatoms. The lowest BCUT2D eigenvalue weighted by atomic mass is 10.1. The molecule has 4 aromatic rings. The number of nitriles is 1. The Morgan fingerprint density at radius 3 is 2.45 bits per heavy atom. The number of aryl methyl sites for hydroxylation is 1. The van der Waals surface area contributed by atoms with Crippen molar-refractivity contribution >= 4 is 11.8 Å². The maximum atomic E-state index is 8.91. The van der Waals surface area contributed by atoms with E-state index in [-0.39, 0.29) is 0 Å². The minimum absolute atomic E-state index is 0.520. The van der Waals surface area contributed by atoms with E-state index in [9.17, 15) is 0 Å². The zero-order chi connectivity index (χ0) is 22.9. The Morgan fingerprint density at radius 2 is 1.70 bits per heavy atom. The average Bonchev–Trinajstić information content (AvgIpc) is 3.28. The Kier molecular flexibility index (Phi) is 7.62. The van der Waals surface area contributed by atoms with Crippen molar-refractivity contribution in [3.8, 4) is 29.0 Å². The summed E-state index contributed by atoms with van der Waals surface area (Å²) in [7, 11) is 1.67. The maximum Gasteiger partial charge on any atom is 0.191 e. The van der Waals surface area contributed by atoms with Gasteiger partial charge in [0.2, 0.25) is 0 Å². The van der Waals surface area contributed by atoms with Crippen molar-refractivity contribution in [1.29, 1.82) is 5.26 Å². The minimum Gasteiger partial charge on any atom is -0.496 e. The molecular formula is C26H24N4O2S. The van der Waals surface area contributed by atoms with Gasteiger partial charge in [-0.25, -0.2) is 0 Å². The number of ether oxygens (including phenoxy) is 2. The molecule has 0 N–H and O–H groups in total. The molecule has 0 amide bonds. The molecule has 0 atom stereocenters. The molecule has 1 aromatic heterocycles. The summed E-state index contributed by atoms with van der Waals surface area (Å²) in [6.45, 7) is 1.27. The van der Waals surface area contributed by atoms with Gasteiger partial charge >= 0.3 is 0 Å². The second kappa shape index (κ2) is 11.2. The Balaban J connectivity index is 1.48. The molecule has 0 radical (unpaired) electrons. The zero-order valence-corrected chi connectivity index (χ0v) is 19.2. The van der Waals surface area contributed by atoms with E-state index in [0.717, 1.165) is 46.8 Å². The zero-order valence-electron chi connectivity index (χ0n) is 18.3. The van der Waals surface area contributed by atoms with E-state index in [0.29, 0.717) is 12.2 Å². The Morgan fingerprint density at radius 1 is 0.939 bits per heavy atom. The largest absolute Gasteiger partial charge is 0.496 e. The fraction of sp³-hybridized carbons (Fsp3) is 0.192. The molecule has 166 valence electrons. The number of para-hydroxylation sites is 1. The summed E-state index contributed by atoms with van der Waals surface area (Å²) in [6, 6.07) is 27.5. The summed E-state index contributed by atoms with van der Waals surface area (Å²) in [5, 5.41) is 18.7. The number of thioether (sulfide) groups is 1. The van der Waals surface area contributed by atoms with Crippen LogP contribution in [0, 0.1) is 11.3 Å². The molecule has 3 aromatic carbocycles. The molecule has 0 saturated carbocycles. The van der Waals surface area contributed by atoms with Crippen LogP contribution < -0.4 is 9.47 Å². The first kappa shape index (κ1) is 22.4. The standard InChI is InChI=1S/C26H24N4O2S/c1-31-24-10-6-5-9-23(24)25-28-29-26(30(25)16-15-20-7-3-2-4-8-20)33-18-17-32-22-13-11-21(19-27)12-14-22/h2-14H,15-18H2,1H3. The molecular weight excluding hydrogens is 432 g/mol. The number of aromatic nitrogens is 3. The second-order valence-electron chi connectivity index (χ2n) is 7.23. The third-order valence-electron chi connectivity index (χ3n) is 5.10. The van der Waals surface area contributed by atoms with Gasteiger partial charge in [0, 0.05) is 12.3 Å². The molecule has 0 bridgehead atoms. The Bertz CT molecular complexity index is 1220. The maximum absolute atomic E-state index is 8.91.